The largest absolute Gasteiger partial charge is 0.394 e. The molecule has 0 radical (unpaired) electrons. The average molecular weight is 494 g/mol. The van der Waals surface area contributed by atoms with Crippen molar-refractivity contribution in [3.8, 4) is 11.8 Å². The average Bonchev–Trinajstić information content (AvgIpc) is 2.87. The quantitative estimate of drug-likeness (QED) is 0.633. The summed E-state index contributed by atoms with van der Waals surface area (Å²) in [5.74, 6) is 5.25. The number of nitrogens with one attached hydrogen (secondary N) is 1. The Labute approximate surface area is 209 Å². The van der Waals surface area contributed by atoms with Gasteiger partial charge in [0.1, 0.15) is 18.2 Å². The number of urea groups is 1. The number of anilines is 1. The molecule has 188 valence electrons. The van der Waals surface area contributed by atoms with E-state index in [1.165, 1.54) is 24.2 Å². The van der Waals surface area contributed by atoms with Gasteiger partial charge in [-0.3, -0.25) is 4.79 Å². The maximum Gasteiger partial charge on any atom is 0.322 e. The molecule has 3 atom stereocenters. The third-order valence-electron chi connectivity index (χ3n) is 7.53. The number of amides is 3. The second kappa shape index (κ2) is 10.3. The first-order valence-corrected chi connectivity index (χ1v) is 12.5. The summed E-state index contributed by atoms with van der Waals surface area (Å²) in [7, 11) is 0. The molecule has 2 N–H and O–H groups in total. The van der Waals surface area contributed by atoms with Crippen LogP contribution in [0.3, 0.4) is 0 Å². The number of hydrogen-bond acceptors (Lipinski definition) is 3. The number of hydrogen-bond donors (Lipinski definition) is 2. The van der Waals surface area contributed by atoms with Crippen molar-refractivity contribution in [1.29, 1.82) is 0 Å². The fourth-order valence-corrected chi connectivity index (χ4v) is 5.66. The molecule has 5 rings (SSSR count). The predicted octanol–water partition coefficient (Wildman–Crippen LogP) is 4.10. The number of aliphatic hydroxyl groups excluding tert-OH is 1. The van der Waals surface area contributed by atoms with Crippen molar-refractivity contribution < 1.29 is 23.5 Å². The van der Waals surface area contributed by atoms with E-state index >= 15 is 0 Å². The van der Waals surface area contributed by atoms with Crippen molar-refractivity contribution in [3.05, 3.63) is 65.2 Å². The summed E-state index contributed by atoms with van der Waals surface area (Å²) in [5, 5.41) is 12.4. The van der Waals surface area contributed by atoms with Gasteiger partial charge in [-0.05, 0) is 42.7 Å². The Balaban J connectivity index is 1.29. The van der Waals surface area contributed by atoms with Crippen LogP contribution in [0.2, 0.25) is 0 Å². The number of rotatable bonds is 3. The molecule has 0 aromatic heterocycles. The number of halogens is 2. The molecular formula is C28H29F2N3O3. The standard InChI is InChI=1S/C28H29F2N3O3/c29-21-12-13-22(30)23(14-21)31-28(36)32-15-24-27(25(17-34)33(24)26(35)16-32)20-10-8-19(9-11-20)7-6-18-4-2-1-3-5-18/h8-14,18,24-25,27,34H,1-5,15-17H2,(H,31,36)/t24-,25+,27+/m0/s1. The highest BCUT2D eigenvalue weighted by molar-refractivity contribution is 5.94. The normalized spacial score (nSPS) is 23.9. The van der Waals surface area contributed by atoms with E-state index in [4.69, 9.17) is 0 Å². The molecule has 3 aliphatic rings. The molecule has 8 heteroatoms. The van der Waals surface area contributed by atoms with E-state index < -0.39 is 17.7 Å². The lowest BCUT2D eigenvalue weighted by Gasteiger charge is -2.58. The number of piperazine rings is 1. The number of benzene rings is 2. The molecule has 1 aliphatic carbocycles. The van der Waals surface area contributed by atoms with Gasteiger partial charge in [-0.1, -0.05) is 43.2 Å². The zero-order chi connectivity index (χ0) is 25.2. The van der Waals surface area contributed by atoms with Gasteiger partial charge in [-0.2, -0.15) is 0 Å². The summed E-state index contributed by atoms with van der Waals surface area (Å²) in [6.45, 7) is -0.159. The van der Waals surface area contributed by atoms with Crippen LogP contribution in [0.4, 0.5) is 19.3 Å². The fraction of sp³-hybridized carbons (Fsp3) is 0.429. The maximum atomic E-state index is 14.0. The van der Waals surface area contributed by atoms with Crippen LogP contribution in [0, 0.1) is 29.4 Å². The first-order valence-electron chi connectivity index (χ1n) is 12.5. The van der Waals surface area contributed by atoms with Crippen molar-refractivity contribution in [2.45, 2.75) is 50.1 Å². The van der Waals surface area contributed by atoms with Crippen molar-refractivity contribution in [2.75, 3.05) is 25.0 Å². The van der Waals surface area contributed by atoms with Gasteiger partial charge >= 0.3 is 6.03 Å². The van der Waals surface area contributed by atoms with Crippen LogP contribution in [-0.2, 0) is 4.79 Å². The molecule has 1 saturated carbocycles. The smallest absolute Gasteiger partial charge is 0.322 e. The number of nitrogens with zero attached hydrogens (tertiary/aromatic N) is 2. The minimum Gasteiger partial charge on any atom is -0.394 e. The number of aliphatic hydroxyl groups is 1. The lowest BCUT2D eigenvalue weighted by atomic mass is 9.73. The highest BCUT2D eigenvalue weighted by Crippen LogP contribution is 2.43. The second-order valence-corrected chi connectivity index (χ2v) is 9.81. The molecule has 0 bridgehead atoms. The van der Waals surface area contributed by atoms with E-state index in [0.717, 1.165) is 42.2 Å². The van der Waals surface area contributed by atoms with Crippen molar-refractivity contribution in [3.63, 3.8) is 0 Å². The molecule has 2 heterocycles. The zero-order valence-corrected chi connectivity index (χ0v) is 19.9. The highest BCUT2D eigenvalue weighted by Gasteiger charge is 2.54. The van der Waals surface area contributed by atoms with E-state index in [1.54, 1.807) is 4.90 Å². The van der Waals surface area contributed by atoms with Gasteiger partial charge in [-0.25, -0.2) is 13.6 Å². The van der Waals surface area contributed by atoms with Crippen LogP contribution in [0.15, 0.2) is 42.5 Å². The molecule has 2 aliphatic heterocycles. The van der Waals surface area contributed by atoms with E-state index in [9.17, 15) is 23.5 Å². The third kappa shape index (κ3) is 4.80. The fourth-order valence-electron chi connectivity index (χ4n) is 5.66. The Bertz CT molecular complexity index is 1200. The Morgan fingerprint density at radius 3 is 2.56 bits per heavy atom. The van der Waals surface area contributed by atoms with Crippen LogP contribution in [0.5, 0.6) is 0 Å². The van der Waals surface area contributed by atoms with Crippen LogP contribution < -0.4 is 5.32 Å². The molecule has 2 aromatic rings. The van der Waals surface area contributed by atoms with Gasteiger partial charge in [0.2, 0.25) is 5.91 Å². The van der Waals surface area contributed by atoms with Crippen molar-refractivity contribution >= 4 is 17.6 Å². The van der Waals surface area contributed by atoms with Gasteiger partial charge in [0.15, 0.2) is 0 Å². The number of carbonyl (C=O) groups is 2. The molecule has 2 aromatic carbocycles. The first kappa shape index (κ1) is 24.3. The summed E-state index contributed by atoms with van der Waals surface area (Å²) >= 11 is 0. The molecule has 3 fully saturated rings. The Morgan fingerprint density at radius 2 is 1.83 bits per heavy atom. The maximum absolute atomic E-state index is 14.0. The van der Waals surface area contributed by atoms with Crippen LogP contribution in [0.1, 0.15) is 49.1 Å². The summed E-state index contributed by atoms with van der Waals surface area (Å²) in [6, 6.07) is 9.32. The van der Waals surface area contributed by atoms with Gasteiger partial charge in [0.05, 0.1) is 24.4 Å². The Kier molecular flexibility index (Phi) is 6.92. The lowest BCUT2D eigenvalue weighted by Crippen LogP contribution is -2.73. The zero-order valence-electron chi connectivity index (χ0n) is 19.9. The molecule has 36 heavy (non-hydrogen) atoms. The summed E-state index contributed by atoms with van der Waals surface area (Å²) < 4.78 is 27.5. The van der Waals surface area contributed by atoms with E-state index in [-0.39, 0.29) is 49.3 Å². The Hall–Kier alpha value is -3.44. The van der Waals surface area contributed by atoms with Crippen LogP contribution >= 0.6 is 0 Å². The number of carbonyl (C=O) groups excluding carboxylic acids is 2. The molecule has 3 amide bonds. The highest BCUT2D eigenvalue weighted by atomic mass is 19.1. The second-order valence-electron chi connectivity index (χ2n) is 9.81. The minimum absolute atomic E-state index is 0.152. The summed E-state index contributed by atoms with van der Waals surface area (Å²) in [4.78, 5) is 28.5. The lowest BCUT2D eigenvalue weighted by molar-refractivity contribution is -0.159. The van der Waals surface area contributed by atoms with E-state index in [0.29, 0.717) is 5.92 Å². The summed E-state index contributed by atoms with van der Waals surface area (Å²) in [5.41, 5.74) is 1.61. The Morgan fingerprint density at radius 1 is 1.08 bits per heavy atom. The van der Waals surface area contributed by atoms with Crippen molar-refractivity contribution in [2.24, 2.45) is 5.92 Å². The monoisotopic (exact) mass is 493 g/mol. The van der Waals surface area contributed by atoms with Gasteiger partial charge in [-0.15, -0.1) is 0 Å². The van der Waals surface area contributed by atoms with Crippen LogP contribution in [-0.4, -0.2) is 58.6 Å². The van der Waals surface area contributed by atoms with Gasteiger partial charge in [0.25, 0.3) is 0 Å². The first-order chi connectivity index (χ1) is 17.4. The minimum atomic E-state index is -0.761. The van der Waals surface area contributed by atoms with Gasteiger partial charge < -0.3 is 20.2 Å². The third-order valence-corrected chi connectivity index (χ3v) is 7.53. The molecule has 0 unspecified atom stereocenters. The summed E-state index contributed by atoms with van der Waals surface area (Å²) in [6.07, 6.45) is 6.10. The molecular weight excluding hydrogens is 464 g/mol. The molecule has 2 saturated heterocycles. The topological polar surface area (TPSA) is 72.9 Å². The van der Waals surface area contributed by atoms with Gasteiger partial charge in [0, 0.05) is 30.0 Å². The number of fused-ring (bicyclic) bond motifs is 1. The SMILES string of the molecule is O=C(Nc1cc(F)ccc1F)N1CC(=O)N2[C@H](CO)[C@H](c3ccc(C#CC4CCCCC4)cc3)[C@@H]2C1. The van der Waals surface area contributed by atoms with Crippen LogP contribution in [0.25, 0.3) is 0 Å². The van der Waals surface area contributed by atoms with E-state index in [2.05, 4.69) is 17.2 Å². The van der Waals surface area contributed by atoms with E-state index in [1.807, 2.05) is 24.3 Å². The molecule has 0 spiro atoms. The molecule has 6 nitrogen and oxygen atoms in total. The van der Waals surface area contributed by atoms with Crippen molar-refractivity contribution in [1.82, 2.24) is 9.80 Å². The predicted molar refractivity (Wildman–Crippen MR) is 131 cm³/mol.